The number of nitrogens with one attached hydrogen (secondary N) is 1. The van der Waals surface area contributed by atoms with E-state index in [0.717, 1.165) is 26.0 Å². The highest BCUT2D eigenvalue weighted by atomic mass is 16.5. The van der Waals surface area contributed by atoms with Crippen LogP contribution in [0.5, 0.6) is 0 Å². The van der Waals surface area contributed by atoms with Crippen LogP contribution in [0.4, 0.5) is 0 Å². The third-order valence-electron chi connectivity index (χ3n) is 2.50. The van der Waals surface area contributed by atoms with Crippen molar-refractivity contribution in [2.75, 3.05) is 46.6 Å². The number of methoxy groups -OCH3 is 1. The van der Waals surface area contributed by atoms with Crippen LogP contribution in [0.25, 0.3) is 0 Å². The average Bonchev–Trinajstić information content (AvgIpc) is 2.77. The van der Waals surface area contributed by atoms with Gasteiger partial charge in [-0.25, -0.2) is 0 Å². The molecule has 1 fully saturated rings. The predicted octanol–water partition coefficient (Wildman–Crippen LogP) is -0.221. The van der Waals surface area contributed by atoms with Gasteiger partial charge in [0.2, 0.25) is 0 Å². The van der Waals surface area contributed by atoms with Gasteiger partial charge in [0.05, 0.1) is 32.0 Å². The second-order valence-electron chi connectivity index (χ2n) is 4.02. The van der Waals surface area contributed by atoms with Crippen molar-refractivity contribution in [2.24, 2.45) is 0 Å². The molecule has 96 valence electrons. The smallest absolute Gasteiger partial charge is 0.0897 e. The lowest BCUT2D eigenvalue weighted by Crippen LogP contribution is -2.33. The lowest BCUT2D eigenvalue weighted by atomic mass is 10.2. The van der Waals surface area contributed by atoms with Gasteiger partial charge in [-0.1, -0.05) is 0 Å². The summed E-state index contributed by atoms with van der Waals surface area (Å²) in [5.74, 6) is 0. The molecule has 1 heterocycles. The molecule has 0 amide bonds. The first-order chi connectivity index (χ1) is 7.83. The van der Waals surface area contributed by atoms with Gasteiger partial charge in [-0.3, -0.25) is 0 Å². The minimum absolute atomic E-state index is 0.230. The van der Waals surface area contributed by atoms with Crippen molar-refractivity contribution < 1.29 is 19.3 Å². The van der Waals surface area contributed by atoms with E-state index in [2.05, 4.69) is 5.32 Å². The monoisotopic (exact) mass is 233 g/mol. The summed E-state index contributed by atoms with van der Waals surface area (Å²) in [6, 6.07) is 0. The number of aliphatic hydroxyl groups is 1. The van der Waals surface area contributed by atoms with Crippen LogP contribution < -0.4 is 5.32 Å². The molecule has 1 saturated heterocycles. The fraction of sp³-hybridized carbons (Fsp3) is 1.00. The Bertz CT molecular complexity index is 162. The molecule has 5 nitrogen and oxygen atoms in total. The Morgan fingerprint density at radius 3 is 3.12 bits per heavy atom. The van der Waals surface area contributed by atoms with E-state index in [1.54, 1.807) is 7.11 Å². The van der Waals surface area contributed by atoms with Crippen LogP contribution >= 0.6 is 0 Å². The fourth-order valence-corrected chi connectivity index (χ4v) is 1.61. The molecule has 0 aromatic rings. The van der Waals surface area contributed by atoms with Crippen molar-refractivity contribution in [3.63, 3.8) is 0 Å². The maximum atomic E-state index is 9.55. The van der Waals surface area contributed by atoms with E-state index >= 15 is 0 Å². The molecule has 2 N–H and O–H groups in total. The highest BCUT2D eigenvalue weighted by molar-refractivity contribution is 4.64. The minimum atomic E-state index is -0.460. The number of ether oxygens (including phenoxy) is 3. The molecule has 16 heavy (non-hydrogen) atoms. The SMILES string of the molecule is COCCNCC(O)COCC1CCCO1. The lowest BCUT2D eigenvalue weighted by Gasteiger charge is -2.14. The number of aliphatic hydroxyl groups excluding tert-OH is 1. The second-order valence-corrected chi connectivity index (χ2v) is 4.02. The molecular weight excluding hydrogens is 210 g/mol. The molecular formula is C11H23NO4. The molecule has 1 aliphatic rings. The maximum absolute atomic E-state index is 9.55. The molecule has 1 aliphatic heterocycles. The van der Waals surface area contributed by atoms with E-state index in [1.165, 1.54) is 0 Å². The summed E-state index contributed by atoms with van der Waals surface area (Å²) in [4.78, 5) is 0. The van der Waals surface area contributed by atoms with Gasteiger partial charge >= 0.3 is 0 Å². The standard InChI is InChI=1S/C11H23NO4/c1-14-6-4-12-7-10(13)8-15-9-11-3-2-5-16-11/h10-13H,2-9H2,1H3. The van der Waals surface area contributed by atoms with Crippen LogP contribution in [0.15, 0.2) is 0 Å². The molecule has 0 aromatic carbocycles. The summed E-state index contributed by atoms with van der Waals surface area (Å²) >= 11 is 0. The van der Waals surface area contributed by atoms with Gasteiger partial charge in [-0.2, -0.15) is 0 Å². The summed E-state index contributed by atoms with van der Waals surface area (Å²) in [5, 5.41) is 12.6. The van der Waals surface area contributed by atoms with Crippen molar-refractivity contribution in [3.8, 4) is 0 Å². The van der Waals surface area contributed by atoms with Gasteiger partial charge in [0.25, 0.3) is 0 Å². The fourth-order valence-electron chi connectivity index (χ4n) is 1.61. The molecule has 2 atom stereocenters. The van der Waals surface area contributed by atoms with Crippen molar-refractivity contribution in [1.82, 2.24) is 5.32 Å². The lowest BCUT2D eigenvalue weighted by molar-refractivity contribution is -0.0166. The molecule has 0 aliphatic carbocycles. The van der Waals surface area contributed by atoms with Crippen LogP contribution in [0.3, 0.4) is 0 Å². The zero-order valence-electron chi connectivity index (χ0n) is 9.98. The Balaban J connectivity index is 1.87. The van der Waals surface area contributed by atoms with Gasteiger partial charge < -0.3 is 24.6 Å². The largest absolute Gasteiger partial charge is 0.389 e. The zero-order chi connectivity index (χ0) is 11.6. The van der Waals surface area contributed by atoms with Crippen molar-refractivity contribution in [2.45, 2.75) is 25.0 Å². The van der Waals surface area contributed by atoms with Crippen LogP contribution in [-0.4, -0.2) is 63.9 Å². The summed E-state index contributed by atoms with van der Waals surface area (Å²) in [6.07, 6.45) is 1.96. The highest BCUT2D eigenvalue weighted by Crippen LogP contribution is 2.11. The van der Waals surface area contributed by atoms with Gasteiger partial charge in [-0.15, -0.1) is 0 Å². The van der Waals surface area contributed by atoms with Crippen molar-refractivity contribution in [3.05, 3.63) is 0 Å². The molecule has 5 heteroatoms. The molecule has 2 unspecified atom stereocenters. The summed E-state index contributed by atoms with van der Waals surface area (Å²) in [5.41, 5.74) is 0. The second kappa shape index (κ2) is 8.90. The molecule has 1 rings (SSSR count). The van der Waals surface area contributed by atoms with Crippen molar-refractivity contribution >= 4 is 0 Å². The van der Waals surface area contributed by atoms with Gasteiger partial charge in [-0.05, 0) is 12.8 Å². The Labute approximate surface area is 97.1 Å². The van der Waals surface area contributed by atoms with Crippen LogP contribution in [0.1, 0.15) is 12.8 Å². The van der Waals surface area contributed by atoms with E-state index in [9.17, 15) is 5.11 Å². The Kier molecular flexibility index (Phi) is 7.71. The Morgan fingerprint density at radius 2 is 2.44 bits per heavy atom. The Morgan fingerprint density at radius 1 is 1.56 bits per heavy atom. The first-order valence-corrected chi connectivity index (χ1v) is 5.90. The van der Waals surface area contributed by atoms with E-state index in [0.29, 0.717) is 26.4 Å². The van der Waals surface area contributed by atoms with Crippen LogP contribution in [0.2, 0.25) is 0 Å². The van der Waals surface area contributed by atoms with Gasteiger partial charge in [0.1, 0.15) is 0 Å². The molecule has 0 aromatic heterocycles. The first kappa shape index (κ1) is 13.9. The van der Waals surface area contributed by atoms with Crippen LogP contribution in [0, 0.1) is 0 Å². The third-order valence-corrected chi connectivity index (χ3v) is 2.50. The topological polar surface area (TPSA) is 60.0 Å². The van der Waals surface area contributed by atoms with E-state index in [1.807, 2.05) is 0 Å². The molecule has 0 spiro atoms. The molecule has 0 radical (unpaired) electrons. The maximum Gasteiger partial charge on any atom is 0.0897 e. The van der Waals surface area contributed by atoms with Crippen LogP contribution in [-0.2, 0) is 14.2 Å². The minimum Gasteiger partial charge on any atom is -0.389 e. The number of rotatable bonds is 9. The summed E-state index contributed by atoms with van der Waals surface area (Å²) in [6.45, 7) is 3.74. The Hall–Kier alpha value is -0.200. The molecule has 0 saturated carbocycles. The normalized spacial score (nSPS) is 22.5. The quantitative estimate of drug-likeness (QED) is 0.539. The summed E-state index contributed by atoms with van der Waals surface area (Å²) < 4.78 is 15.7. The van der Waals surface area contributed by atoms with E-state index < -0.39 is 6.10 Å². The van der Waals surface area contributed by atoms with E-state index in [4.69, 9.17) is 14.2 Å². The van der Waals surface area contributed by atoms with Gasteiger partial charge in [0, 0.05) is 26.8 Å². The molecule has 0 bridgehead atoms. The van der Waals surface area contributed by atoms with E-state index in [-0.39, 0.29) is 6.10 Å². The number of hydrogen-bond donors (Lipinski definition) is 2. The predicted molar refractivity (Wildman–Crippen MR) is 60.5 cm³/mol. The number of hydrogen-bond acceptors (Lipinski definition) is 5. The summed E-state index contributed by atoms with van der Waals surface area (Å²) in [7, 11) is 1.66. The highest BCUT2D eigenvalue weighted by Gasteiger charge is 2.15. The van der Waals surface area contributed by atoms with Gasteiger partial charge in [0.15, 0.2) is 0 Å². The average molecular weight is 233 g/mol. The van der Waals surface area contributed by atoms with Crippen molar-refractivity contribution in [1.29, 1.82) is 0 Å². The third kappa shape index (κ3) is 6.40. The first-order valence-electron chi connectivity index (χ1n) is 5.90. The zero-order valence-corrected chi connectivity index (χ0v) is 9.98.